The lowest BCUT2D eigenvalue weighted by Crippen LogP contribution is -2.50. The number of hydrogen-bond acceptors (Lipinski definition) is 4. The molecule has 1 fully saturated rings. The molecule has 7 nitrogen and oxygen atoms in total. The quantitative estimate of drug-likeness (QED) is 0.883. The van der Waals surface area contributed by atoms with Gasteiger partial charge in [-0.2, -0.15) is 0 Å². The second-order valence-corrected chi connectivity index (χ2v) is 6.36. The highest BCUT2D eigenvalue weighted by Gasteiger charge is 2.24. The summed E-state index contributed by atoms with van der Waals surface area (Å²) >= 11 is 0. The van der Waals surface area contributed by atoms with E-state index in [1.54, 1.807) is 15.9 Å². The highest BCUT2D eigenvalue weighted by molar-refractivity contribution is 5.99. The maximum absolute atomic E-state index is 12.6. The van der Waals surface area contributed by atoms with Crippen LogP contribution in [0.2, 0.25) is 0 Å². The van der Waals surface area contributed by atoms with Crippen molar-refractivity contribution in [3.8, 4) is 0 Å². The summed E-state index contributed by atoms with van der Waals surface area (Å²) < 4.78 is 0. The minimum Gasteiger partial charge on any atom is -0.352 e. The number of carbonyl (C=O) groups excluding carboxylic acids is 3. The molecule has 3 amide bonds. The highest BCUT2D eigenvalue weighted by Crippen LogP contribution is 2.10. The molecule has 0 aliphatic carbocycles. The molecule has 0 bridgehead atoms. The zero-order valence-electron chi connectivity index (χ0n) is 14.4. The van der Waals surface area contributed by atoms with E-state index in [2.05, 4.69) is 10.3 Å². The van der Waals surface area contributed by atoms with Crippen molar-refractivity contribution in [3.05, 3.63) is 29.6 Å². The van der Waals surface area contributed by atoms with Crippen LogP contribution in [-0.4, -0.2) is 65.2 Å². The lowest BCUT2D eigenvalue weighted by Gasteiger charge is -2.34. The topological polar surface area (TPSA) is 82.6 Å². The Morgan fingerprint density at radius 3 is 2.25 bits per heavy atom. The number of nitrogens with one attached hydrogen (secondary N) is 1. The van der Waals surface area contributed by atoms with E-state index in [4.69, 9.17) is 0 Å². The van der Waals surface area contributed by atoms with Gasteiger partial charge in [0.25, 0.3) is 11.8 Å². The Bertz CT molecular complexity index is 622. The van der Waals surface area contributed by atoms with Crippen LogP contribution >= 0.6 is 0 Å². The summed E-state index contributed by atoms with van der Waals surface area (Å²) in [6, 6.07) is 1.57. The fourth-order valence-electron chi connectivity index (χ4n) is 2.49. The monoisotopic (exact) mass is 332 g/mol. The van der Waals surface area contributed by atoms with Gasteiger partial charge in [-0.3, -0.25) is 19.4 Å². The summed E-state index contributed by atoms with van der Waals surface area (Å²) in [5.41, 5.74) is 0.771. The van der Waals surface area contributed by atoms with Gasteiger partial charge in [0.2, 0.25) is 5.91 Å². The maximum Gasteiger partial charge on any atom is 0.255 e. The first-order valence-corrected chi connectivity index (χ1v) is 8.16. The van der Waals surface area contributed by atoms with Crippen LogP contribution in [0.4, 0.5) is 0 Å². The van der Waals surface area contributed by atoms with Crippen LogP contribution < -0.4 is 5.32 Å². The Hall–Kier alpha value is -2.44. The molecule has 1 aromatic heterocycles. The molecule has 0 unspecified atom stereocenters. The summed E-state index contributed by atoms with van der Waals surface area (Å²) in [7, 11) is 0. The predicted octanol–water partition coefficient (Wildman–Crippen LogP) is 0.772. The first kappa shape index (κ1) is 17.9. The van der Waals surface area contributed by atoms with Crippen molar-refractivity contribution < 1.29 is 14.4 Å². The van der Waals surface area contributed by atoms with Crippen molar-refractivity contribution >= 4 is 17.7 Å². The molecule has 0 atom stereocenters. The Labute approximate surface area is 142 Å². The number of carbonyl (C=O) groups is 3. The van der Waals surface area contributed by atoms with E-state index in [9.17, 15) is 14.4 Å². The van der Waals surface area contributed by atoms with E-state index < -0.39 is 0 Å². The fourth-order valence-corrected chi connectivity index (χ4v) is 2.49. The summed E-state index contributed by atoms with van der Waals surface area (Å²) in [4.78, 5) is 43.4. The second-order valence-electron chi connectivity index (χ2n) is 6.36. The van der Waals surface area contributed by atoms with Gasteiger partial charge < -0.3 is 15.1 Å². The van der Waals surface area contributed by atoms with Crippen molar-refractivity contribution in [2.45, 2.75) is 20.8 Å². The largest absolute Gasteiger partial charge is 0.352 e. The van der Waals surface area contributed by atoms with Crippen LogP contribution in [0.1, 0.15) is 41.5 Å². The van der Waals surface area contributed by atoms with Crippen molar-refractivity contribution in [2.75, 3.05) is 32.7 Å². The molecule has 0 aromatic carbocycles. The molecule has 2 rings (SSSR count). The van der Waals surface area contributed by atoms with Crippen LogP contribution in [0.3, 0.4) is 0 Å². The van der Waals surface area contributed by atoms with Gasteiger partial charge in [-0.1, -0.05) is 13.8 Å². The molecular formula is C17H24N4O3. The molecule has 1 saturated heterocycles. The Morgan fingerprint density at radius 2 is 1.67 bits per heavy atom. The van der Waals surface area contributed by atoms with Gasteiger partial charge >= 0.3 is 0 Å². The highest BCUT2D eigenvalue weighted by atomic mass is 16.2. The van der Waals surface area contributed by atoms with Gasteiger partial charge in [0, 0.05) is 52.0 Å². The van der Waals surface area contributed by atoms with E-state index in [1.165, 1.54) is 19.3 Å². The predicted molar refractivity (Wildman–Crippen MR) is 89.6 cm³/mol. The molecule has 1 aliphatic rings. The van der Waals surface area contributed by atoms with Crippen molar-refractivity contribution in [1.82, 2.24) is 20.1 Å². The molecule has 2 heterocycles. The van der Waals surface area contributed by atoms with Crippen LogP contribution in [0.5, 0.6) is 0 Å². The minimum absolute atomic E-state index is 0.0209. The third-order valence-corrected chi connectivity index (χ3v) is 3.93. The van der Waals surface area contributed by atoms with Gasteiger partial charge in [0.05, 0.1) is 11.1 Å². The zero-order chi connectivity index (χ0) is 17.7. The Kier molecular flexibility index (Phi) is 5.89. The lowest BCUT2D eigenvalue weighted by atomic mass is 10.1. The van der Waals surface area contributed by atoms with E-state index in [1.807, 2.05) is 13.8 Å². The third-order valence-electron chi connectivity index (χ3n) is 3.93. The van der Waals surface area contributed by atoms with Crippen LogP contribution in [0.25, 0.3) is 0 Å². The third kappa shape index (κ3) is 4.53. The van der Waals surface area contributed by atoms with Gasteiger partial charge in [0.15, 0.2) is 0 Å². The van der Waals surface area contributed by atoms with E-state index >= 15 is 0 Å². The maximum atomic E-state index is 12.6. The molecule has 0 spiro atoms. The molecular weight excluding hydrogens is 308 g/mol. The Balaban J connectivity index is 2.02. The number of pyridine rings is 1. The molecule has 0 radical (unpaired) electrons. The standard InChI is InChI=1S/C17H24N4O3/c1-12(2)9-19-16(23)14-8-15(11-18-10-14)17(24)21-6-4-20(5-7-21)13(3)22/h8,10-12H,4-7,9H2,1-3H3,(H,19,23). The number of nitrogens with zero attached hydrogens (tertiary/aromatic N) is 3. The molecule has 130 valence electrons. The first-order valence-electron chi connectivity index (χ1n) is 8.16. The molecule has 1 aromatic rings. The van der Waals surface area contributed by atoms with E-state index in [0.29, 0.717) is 49.8 Å². The van der Waals surface area contributed by atoms with Gasteiger partial charge in [-0.25, -0.2) is 0 Å². The second kappa shape index (κ2) is 7.90. The van der Waals surface area contributed by atoms with Crippen molar-refractivity contribution in [2.24, 2.45) is 5.92 Å². The SMILES string of the molecule is CC(=O)N1CCN(C(=O)c2cncc(C(=O)NCC(C)C)c2)CC1. The summed E-state index contributed by atoms with van der Waals surface area (Å²) in [5.74, 6) is -0.0201. The van der Waals surface area contributed by atoms with Crippen molar-refractivity contribution in [3.63, 3.8) is 0 Å². The van der Waals surface area contributed by atoms with Crippen LogP contribution in [0, 0.1) is 5.92 Å². The molecule has 1 N–H and O–H groups in total. The summed E-state index contributed by atoms with van der Waals surface area (Å²) in [6.07, 6.45) is 2.93. The summed E-state index contributed by atoms with van der Waals surface area (Å²) in [6.45, 7) is 8.17. The zero-order valence-corrected chi connectivity index (χ0v) is 14.4. The van der Waals surface area contributed by atoms with Gasteiger partial charge in [-0.15, -0.1) is 0 Å². The lowest BCUT2D eigenvalue weighted by molar-refractivity contribution is -0.130. The number of amides is 3. The number of hydrogen-bond donors (Lipinski definition) is 1. The van der Waals surface area contributed by atoms with Crippen molar-refractivity contribution in [1.29, 1.82) is 0 Å². The fraction of sp³-hybridized carbons (Fsp3) is 0.529. The van der Waals surface area contributed by atoms with Crippen LogP contribution in [-0.2, 0) is 4.79 Å². The van der Waals surface area contributed by atoms with Gasteiger partial charge in [0.1, 0.15) is 0 Å². The molecule has 1 aliphatic heterocycles. The average Bonchev–Trinajstić information content (AvgIpc) is 2.59. The van der Waals surface area contributed by atoms with E-state index in [0.717, 1.165) is 0 Å². The Morgan fingerprint density at radius 1 is 1.08 bits per heavy atom. The molecule has 7 heteroatoms. The molecule has 24 heavy (non-hydrogen) atoms. The van der Waals surface area contributed by atoms with Crippen LogP contribution in [0.15, 0.2) is 18.5 Å². The number of rotatable bonds is 4. The minimum atomic E-state index is -0.229. The van der Waals surface area contributed by atoms with Gasteiger partial charge in [-0.05, 0) is 12.0 Å². The number of aromatic nitrogens is 1. The smallest absolute Gasteiger partial charge is 0.255 e. The average molecular weight is 332 g/mol. The molecule has 0 saturated carbocycles. The summed E-state index contributed by atoms with van der Waals surface area (Å²) in [5, 5.41) is 2.81. The van der Waals surface area contributed by atoms with E-state index in [-0.39, 0.29) is 17.7 Å². The first-order chi connectivity index (χ1) is 11.4. The normalized spacial score (nSPS) is 14.7. The number of piperazine rings is 1.